The smallest absolute Gasteiger partial charge is 0.226 e. The molecule has 0 saturated heterocycles. The van der Waals surface area contributed by atoms with Crippen molar-refractivity contribution in [3.05, 3.63) is 70.2 Å². The molecule has 5 nitrogen and oxygen atoms in total. The van der Waals surface area contributed by atoms with Gasteiger partial charge in [0.1, 0.15) is 0 Å². The Bertz CT molecular complexity index is 1210. The van der Waals surface area contributed by atoms with E-state index >= 15 is 0 Å². The molecule has 3 rings (SSSR count). The number of carbonyl (C=O) groups is 1. The molecule has 0 unspecified atom stereocenters. The minimum absolute atomic E-state index is 0. The number of carbonyl (C=O) groups excluding carboxylic acids is 1. The van der Waals surface area contributed by atoms with Gasteiger partial charge in [-0.2, -0.15) is 4.57 Å². The van der Waals surface area contributed by atoms with Crippen molar-refractivity contribution in [1.29, 1.82) is 0 Å². The monoisotopic (exact) mass is 686 g/mol. The van der Waals surface area contributed by atoms with E-state index in [9.17, 15) is 4.79 Å². The second kappa shape index (κ2) is 22.2. The van der Waals surface area contributed by atoms with E-state index in [-0.39, 0.29) is 22.9 Å². The van der Waals surface area contributed by atoms with Gasteiger partial charge < -0.3 is 31.4 Å². The molecule has 244 valence electrons. The number of benzene rings is 2. The largest absolute Gasteiger partial charge is 1.00 e. The Labute approximate surface area is 281 Å². The van der Waals surface area contributed by atoms with E-state index in [1.54, 1.807) is 18.4 Å². The van der Waals surface area contributed by atoms with Gasteiger partial charge in [-0.05, 0) is 49.6 Å². The van der Waals surface area contributed by atoms with Crippen LogP contribution in [0.1, 0.15) is 113 Å². The van der Waals surface area contributed by atoms with E-state index in [1.165, 1.54) is 81.1 Å². The van der Waals surface area contributed by atoms with Crippen molar-refractivity contribution in [1.82, 2.24) is 0 Å². The lowest BCUT2D eigenvalue weighted by atomic mass is 10.1. The number of thiazole rings is 1. The number of unbranched alkanes of at least 4 members (excludes halogenated alkanes) is 11. The van der Waals surface area contributed by atoms with Crippen LogP contribution in [0.3, 0.4) is 0 Å². The Hall–Kier alpha value is -2.38. The molecule has 0 saturated carbocycles. The van der Waals surface area contributed by atoms with Crippen molar-refractivity contribution in [3.8, 4) is 11.5 Å². The van der Waals surface area contributed by atoms with Crippen LogP contribution in [0.25, 0.3) is 0 Å². The number of amides is 1. The molecule has 0 spiro atoms. The molecule has 0 radical (unpaired) electrons. The van der Waals surface area contributed by atoms with Gasteiger partial charge in [-0.25, -0.2) is 0 Å². The maximum Gasteiger partial charge on any atom is 0.226 e. The number of halogens is 1. The Balaban J connectivity index is 0.00000675. The van der Waals surface area contributed by atoms with E-state index in [2.05, 4.69) is 60.5 Å². The maximum atomic E-state index is 13.0. The fourth-order valence-corrected chi connectivity index (χ4v) is 6.14. The van der Waals surface area contributed by atoms with Crippen molar-refractivity contribution in [2.75, 3.05) is 25.2 Å². The van der Waals surface area contributed by atoms with Crippen LogP contribution >= 0.6 is 11.3 Å². The van der Waals surface area contributed by atoms with Gasteiger partial charge in [0, 0.05) is 24.2 Å². The molecule has 0 fully saturated rings. The molecule has 0 aliphatic rings. The number of rotatable bonds is 22. The first kappa shape index (κ1) is 37.8. The number of aryl methyl sites for hydroxylation is 1. The highest BCUT2D eigenvalue weighted by Crippen LogP contribution is 2.29. The first-order valence-electron chi connectivity index (χ1n) is 16.7. The molecule has 1 heterocycles. The molecule has 0 aliphatic heterocycles. The number of anilines is 1. The molecule has 2 aromatic carbocycles. The summed E-state index contributed by atoms with van der Waals surface area (Å²) in [5.74, 6) is 1.69. The summed E-state index contributed by atoms with van der Waals surface area (Å²) in [5.41, 5.74) is 5.42. The van der Waals surface area contributed by atoms with Gasteiger partial charge in [-0.3, -0.25) is 4.79 Å². The Morgan fingerprint density at radius 3 is 2.14 bits per heavy atom. The van der Waals surface area contributed by atoms with Crippen LogP contribution in [0.4, 0.5) is 5.69 Å². The number of methoxy groups -OCH3 is 1. The standard InChI is InChI=1S/C37H55N2O3S.BrH/c1-5-7-8-9-10-11-12-13-14-15-16-17-25-42-36-27-32(21-22-35(36)41-4)23-24-39(37(40)6-2)34-20-18-19-33(26-34)29-38-28-31(3)43-30-38;/h18-22,26-28,30H,5-17,23-25,29H2,1-4H3;1H/q+1;/p-1. The van der Waals surface area contributed by atoms with Crippen molar-refractivity contribution >= 4 is 22.9 Å². The number of hydrogen-bond donors (Lipinski definition) is 0. The highest BCUT2D eigenvalue weighted by molar-refractivity contribution is 7.09. The second-order valence-corrected chi connectivity index (χ2v) is 12.8. The van der Waals surface area contributed by atoms with Crippen LogP contribution in [0.5, 0.6) is 11.5 Å². The maximum absolute atomic E-state index is 13.0. The van der Waals surface area contributed by atoms with E-state index in [1.807, 2.05) is 24.0 Å². The molecule has 7 heteroatoms. The minimum Gasteiger partial charge on any atom is -1.00 e. The molecule has 44 heavy (non-hydrogen) atoms. The molecular weight excluding hydrogens is 632 g/mol. The van der Waals surface area contributed by atoms with Gasteiger partial charge in [0.05, 0.1) is 18.6 Å². The number of hydrogen-bond acceptors (Lipinski definition) is 4. The lowest BCUT2D eigenvalue weighted by Crippen LogP contribution is -3.00. The first-order chi connectivity index (χ1) is 21.0. The van der Waals surface area contributed by atoms with Crippen LogP contribution < -0.4 is 35.9 Å². The summed E-state index contributed by atoms with van der Waals surface area (Å²) >= 11 is 1.74. The normalized spacial score (nSPS) is 10.8. The van der Waals surface area contributed by atoms with Gasteiger partial charge >= 0.3 is 0 Å². The van der Waals surface area contributed by atoms with E-state index in [0.717, 1.165) is 42.1 Å². The summed E-state index contributed by atoms with van der Waals surface area (Å²) in [6.45, 7) is 8.44. The third kappa shape index (κ3) is 13.7. The first-order valence-corrected chi connectivity index (χ1v) is 17.5. The zero-order valence-electron chi connectivity index (χ0n) is 27.6. The SMILES string of the molecule is CCCCCCCCCCCCCCOc1cc(CCN(C(=O)CC)c2cccc(C[n+]3csc(C)c3)c2)ccc1OC.[Br-]. The van der Waals surface area contributed by atoms with E-state index in [4.69, 9.17) is 9.47 Å². The molecule has 3 aromatic rings. The van der Waals surface area contributed by atoms with Crippen molar-refractivity contribution in [2.24, 2.45) is 0 Å². The molecule has 1 aromatic heterocycles. The van der Waals surface area contributed by atoms with E-state index < -0.39 is 0 Å². The lowest BCUT2D eigenvalue weighted by Gasteiger charge is -2.23. The molecule has 0 N–H and O–H groups in total. The van der Waals surface area contributed by atoms with Crippen LogP contribution in [0, 0.1) is 6.92 Å². The summed E-state index contributed by atoms with van der Waals surface area (Å²) in [6, 6.07) is 14.5. The highest BCUT2D eigenvalue weighted by Gasteiger charge is 2.16. The predicted octanol–water partition coefficient (Wildman–Crippen LogP) is 6.47. The lowest BCUT2D eigenvalue weighted by molar-refractivity contribution is -0.683. The molecular formula is C37H55BrN2O3S. The Kier molecular flexibility index (Phi) is 19.1. The van der Waals surface area contributed by atoms with Gasteiger partial charge in [0.25, 0.3) is 0 Å². The Morgan fingerprint density at radius 1 is 0.841 bits per heavy atom. The summed E-state index contributed by atoms with van der Waals surface area (Å²) in [4.78, 5) is 16.2. The van der Waals surface area contributed by atoms with Crippen LogP contribution in [-0.2, 0) is 17.8 Å². The third-order valence-electron chi connectivity index (χ3n) is 8.02. The fourth-order valence-electron chi connectivity index (χ4n) is 5.51. The predicted molar refractivity (Wildman–Crippen MR) is 181 cm³/mol. The fraction of sp³-hybridized carbons (Fsp3) is 0.568. The van der Waals surface area contributed by atoms with Crippen LogP contribution in [0.2, 0.25) is 0 Å². The summed E-state index contributed by atoms with van der Waals surface area (Å²) in [6.07, 6.45) is 19.3. The average molecular weight is 688 g/mol. The van der Waals surface area contributed by atoms with Crippen LogP contribution in [0.15, 0.2) is 54.2 Å². The van der Waals surface area contributed by atoms with Crippen LogP contribution in [-0.4, -0.2) is 26.2 Å². The van der Waals surface area contributed by atoms with Gasteiger partial charge in [-0.1, -0.05) is 114 Å². The molecule has 1 amide bonds. The van der Waals surface area contributed by atoms with Gasteiger partial charge in [-0.15, -0.1) is 0 Å². The minimum atomic E-state index is 0. The summed E-state index contributed by atoms with van der Waals surface area (Å²) in [7, 11) is 1.69. The molecule has 0 atom stereocenters. The second-order valence-electron chi connectivity index (χ2n) is 11.7. The highest BCUT2D eigenvalue weighted by atomic mass is 79.9. The third-order valence-corrected chi connectivity index (χ3v) is 8.87. The van der Waals surface area contributed by atoms with Crippen molar-refractivity contribution in [3.63, 3.8) is 0 Å². The Morgan fingerprint density at radius 2 is 1.52 bits per heavy atom. The quantitative estimate of drug-likeness (QED) is 0.0899. The van der Waals surface area contributed by atoms with E-state index in [0.29, 0.717) is 19.6 Å². The van der Waals surface area contributed by atoms with Crippen molar-refractivity contribution in [2.45, 2.75) is 117 Å². The number of aromatic nitrogens is 1. The zero-order valence-corrected chi connectivity index (χ0v) is 30.0. The van der Waals surface area contributed by atoms with Gasteiger partial charge in [0.2, 0.25) is 11.4 Å². The topological polar surface area (TPSA) is 42.7 Å². The summed E-state index contributed by atoms with van der Waals surface area (Å²) < 4.78 is 14.0. The zero-order chi connectivity index (χ0) is 30.7. The number of ether oxygens (including phenoxy) is 2. The van der Waals surface area contributed by atoms with Crippen molar-refractivity contribution < 1.29 is 35.8 Å². The number of nitrogens with zero attached hydrogens (tertiary/aromatic N) is 2. The summed E-state index contributed by atoms with van der Waals surface area (Å²) in [5, 5.41) is 0. The molecule has 0 aliphatic carbocycles. The van der Waals surface area contributed by atoms with Gasteiger partial charge in [0.15, 0.2) is 24.2 Å². The average Bonchev–Trinajstić information content (AvgIpc) is 3.43. The molecule has 0 bridgehead atoms.